The Labute approximate surface area is 222 Å². The summed E-state index contributed by atoms with van der Waals surface area (Å²) in [4.78, 5) is 30.5. The number of amides is 2. The van der Waals surface area contributed by atoms with Gasteiger partial charge >= 0.3 is 0 Å². The second kappa shape index (κ2) is 11.9. The number of rotatable bonds is 9. The number of nitrogens with one attached hydrogen (secondary N) is 2. The first-order valence-corrected chi connectivity index (χ1v) is 12.9. The summed E-state index contributed by atoms with van der Waals surface area (Å²) in [6.45, 7) is 1.79. The molecule has 190 valence electrons. The molecule has 3 aromatic carbocycles. The molecule has 0 saturated heterocycles. The van der Waals surface area contributed by atoms with Gasteiger partial charge in [0.2, 0.25) is 5.91 Å². The predicted octanol–water partition coefficient (Wildman–Crippen LogP) is 6.34. The van der Waals surface area contributed by atoms with Crippen molar-refractivity contribution in [3.63, 3.8) is 0 Å². The van der Waals surface area contributed by atoms with E-state index in [0.717, 1.165) is 10.5 Å². The van der Waals surface area contributed by atoms with E-state index in [1.54, 1.807) is 51.5 Å². The van der Waals surface area contributed by atoms with E-state index < -0.39 is 17.0 Å². The van der Waals surface area contributed by atoms with Crippen molar-refractivity contribution < 1.29 is 23.5 Å². The van der Waals surface area contributed by atoms with Gasteiger partial charge in [0.05, 0.1) is 30.7 Å². The van der Waals surface area contributed by atoms with Crippen molar-refractivity contribution in [3.05, 3.63) is 83.5 Å². The molecule has 1 atom stereocenters. The fourth-order valence-electron chi connectivity index (χ4n) is 3.41. The summed E-state index contributed by atoms with van der Waals surface area (Å²) in [6, 6.07) is 18.3. The molecule has 2 amide bonds. The van der Waals surface area contributed by atoms with Crippen LogP contribution in [-0.2, 0) is 4.79 Å². The lowest BCUT2D eigenvalue weighted by atomic mass is 10.1. The van der Waals surface area contributed by atoms with Gasteiger partial charge in [-0.05, 0) is 55.5 Å². The lowest BCUT2D eigenvalue weighted by Gasteiger charge is -2.12. The highest BCUT2D eigenvalue weighted by molar-refractivity contribution is 8.00. The van der Waals surface area contributed by atoms with Crippen LogP contribution in [0.1, 0.15) is 17.3 Å². The maximum absolute atomic E-state index is 13.9. The summed E-state index contributed by atoms with van der Waals surface area (Å²) in [5.41, 5.74) is 2.01. The highest BCUT2D eigenvalue weighted by Crippen LogP contribution is 2.34. The minimum absolute atomic E-state index is 0.0378. The van der Waals surface area contributed by atoms with Crippen LogP contribution < -0.4 is 20.1 Å². The first-order chi connectivity index (χ1) is 17.9. The fraction of sp³-hybridized carbons (Fsp3) is 0.148. The monoisotopic (exact) mass is 537 g/mol. The second-order valence-corrected chi connectivity index (χ2v) is 10.1. The van der Waals surface area contributed by atoms with E-state index in [1.807, 2.05) is 23.6 Å². The number of carbonyl (C=O) groups excluding carboxylic acids is 2. The first kappa shape index (κ1) is 26.2. The van der Waals surface area contributed by atoms with E-state index in [2.05, 4.69) is 15.6 Å². The number of hydrogen-bond donors (Lipinski definition) is 2. The number of carbonyl (C=O) groups is 2. The molecule has 0 bridgehead atoms. The van der Waals surface area contributed by atoms with Crippen LogP contribution in [0.25, 0.3) is 11.3 Å². The molecule has 0 aliphatic carbocycles. The number of ether oxygens (including phenoxy) is 2. The highest BCUT2D eigenvalue weighted by atomic mass is 32.2. The van der Waals surface area contributed by atoms with Gasteiger partial charge in [-0.2, -0.15) is 0 Å². The van der Waals surface area contributed by atoms with Gasteiger partial charge in [-0.1, -0.05) is 18.2 Å². The maximum atomic E-state index is 13.9. The van der Waals surface area contributed by atoms with Gasteiger partial charge in [-0.15, -0.1) is 23.1 Å². The van der Waals surface area contributed by atoms with Gasteiger partial charge < -0.3 is 20.1 Å². The van der Waals surface area contributed by atoms with Gasteiger partial charge in [0.15, 0.2) is 16.6 Å². The van der Waals surface area contributed by atoms with E-state index in [1.165, 1.54) is 41.3 Å². The van der Waals surface area contributed by atoms with E-state index in [-0.39, 0.29) is 11.5 Å². The zero-order chi connectivity index (χ0) is 26.4. The van der Waals surface area contributed by atoms with Crippen LogP contribution in [0.5, 0.6) is 11.5 Å². The Morgan fingerprint density at radius 2 is 1.76 bits per heavy atom. The number of nitrogens with zero attached hydrogens (tertiary/aromatic N) is 1. The Morgan fingerprint density at radius 3 is 2.51 bits per heavy atom. The van der Waals surface area contributed by atoms with Crippen LogP contribution in [0, 0.1) is 5.82 Å². The van der Waals surface area contributed by atoms with Crippen molar-refractivity contribution in [1.82, 2.24) is 4.98 Å². The molecule has 37 heavy (non-hydrogen) atoms. The van der Waals surface area contributed by atoms with Crippen LogP contribution in [-0.4, -0.2) is 36.3 Å². The minimum atomic E-state index is -0.590. The van der Waals surface area contributed by atoms with Gasteiger partial charge in [-0.3, -0.25) is 9.59 Å². The average Bonchev–Trinajstić information content (AvgIpc) is 3.37. The number of hydrogen-bond acceptors (Lipinski definition) is 7. The third-order valence-corrected chi connectivity index (χ3v) is 7.16. The summed E-state index contributed by atoms with van der Waals surface area (Å²) in [5.74, 6) is -0.126. The molecule has 4 aromatic rings. The molecule has 0 radical (unpaired) electrons. The van der Waals surface area contributed by atoms with Gasteiger partial charge in [0.25, 0.3) is 5.91 Å². The number of benzene rings is 3. The molecular weight excluding hydrogens is 513 g/mol. The number of methoxy groups -OCH3 is 2. The lowest BCUT2D eigenvalue weighted by Crippen LogP contribution is -2.22. The molecular formula is C27H24FN3O4S2. The van der Waals surface area contributed by atoms with Crippen LogP contribution in [0.4, 0.5) is 15.2 Å². The van der Waals surface area contributed by atoms with Crippen molar-refractivity contribution in [1.29, 1.82) is 0 Å². The molecule has 10 heteroatoms. The fourth-order valence-corrected chi connectivity index (χ4v) is 5.06. The topological polar surface area (TPSA) is 89.6 Å². The van der Waals surface area contributed by atoms with Crippen molar-refractivity contribution in [3.8, 4) is 22.8 Å². The van der Waals surface area contributed by atoms with E-state index in [4.69, 9.17) is 9.47 Å². The van der Waals surface area contributed by atoms with Crippen molar-refractivity contribution in [2.45, 2.75) is 17.1 Å². The van der Waals surface area contributed by atoms with Crippen LogP contribution >= 0.6 is 23.1 Å². The number of aromatic nitrogens is 1. The summed E-state index contributed by atoms with van der Waals surface area (Å²) < 4.78 is 24.5. The molecule has 1 heterocycles. The smallest absolute Gasteiger partial charge is 0.258 e. The highest BCUT2D eigenvalue weighted by Gasteiger charge is 2.18. The molecule has 0 spiro atoms. The second-order valence-electron chi connectivity index (χ2n) is 7.82. The summed E-state index contributed by atoms with van der Waals surface area (Å²) >= 11 is 2.66. The average molecular weight is 538 g/mol. The molecule has 0 aliphatic rings. The number of thioether (sulfide) groups is 1. The van der Waals surface area contributed by atoms with Gasteiger partial charge in [0, 0.05) is 21.5 Å². The third kappa shape index (κ3) is 6.46. The zero-order valence-electron chi connectivity index (χ0n) is 20.3. The summed E-state index contributed by atoms with van der Waals surface area (Å²) in [5, 5.41) is 7.45. The Kier molecular flexibility index (Phi) is 8.42. The number of anilines is 2. The Balaban J connectivity index is 1.38. The zero-order valence-corrected chi connectivity index (χ0v) is 21.9. The largest absolute Gasteiger partial charge is 0.493 e. The SMILES string of the molecule is COc1ccc(-c2csc(NC(=O)C(C)Sc3cccc(NC(=O)c4ccccc4F)c3)n2)cc1OC. The van der Waals surface area contributed by atoms with Gasteiger partial charge in [0.1, 0.15) is 5.82 Å². The van der Waals surface area contributed by atoms with E-state index in [9.17, 15) is 14.0 Å². The number of halogens is 1. The molecule has 1 unspecified atom stereocenters. The maximum Gasteiger partial charge on any atom is 0.258 e. The van der Waals surface area contributed by atoms with Crippen LogP contribution in [0.3, 0.4) is 0 Å². The minimum Gasteiger partial charge on any atom is -0.493 e. The summed E-state index contributed by atoms with van der Waals surface area (Å²) in [6.07, 6.45) is 0. The first-order valence-electron chi connectivity index (χ1n) is 11.2. The van der Waals surface area contributed by atoms with Crippen molar-refractivity contribution in [2.24, 2.45) is 0 Å². The van der Waals surface area contributed by atoms with E-state index in [0.29, 0.717) is 28.0 Å². The molecule has 0 saturated carbocycles. The molecule has 0 fully saturated rings. The molecule has 0 aliphatic heterocycles. The van der Waals surface area contributed by atoms with E-state index >= 15 is 0 Å². The Bertz CT molecular complexity index is 1430. The lowest BCUT2D eigenvalue weighted by molar-refractivity contribution is -0.115. The quantitative estimate of drug-likeness (QED) is 0.242. The van der Waals surface area contributed by atoms with Crippen molar-refractivity contribution in [2.75, 3.05) is 24.9 Å². The molecule has 7 nitrogen and oxygen atoms in total. The Morgan fingerprint density at radius 1 is 0.973 bits per heavy atom. The van der Waals surface area contributed by atoms with Crippen molar-refractivity contribution >= 4 is 45.7 Å². The summed E-state index contributed by atoms with van der Waals surface area (Å²) in [7, 11) is 3.14. The normalized spacial score (nSPS) is 11.5. The van der Waals surface area contributed by atoms with Gasteiger partial charge in [-0.25, -0.2) is 9.37 Å². The number of thiazole rings is 1. The predicted molar refractivity (Wildman–Crippen MR) is 145 cm³/mol. The van der Waals surface area contributed by atoms with Crippen LogP contribution in [0.15, 0.2) is 77.0 Å². The molecule has 2 N–H and O–H groups in total. The standard InChI is InChI=1S/C27H24FN3O4S2/c1-16(37-19-8-6-7-18(14-19)29-26(33)20-9-4-5-10-21(20)28)25(32)31-27-30-22(15-36-27)17-11-12-23(34-2)24(13-17)35-3/h4-16H,1-3H3,(H,29,33)(H,30,31,32). The third-order valence-electron chi connectivity index (χ3n) is 5.31. The Hall–Kier alpha value is -3.89. The van der Waals surface area contributed by atoms with Crippen LogP contribution in [0.2, 0.25) is 0 Å². The molecule has 4 rings (SSSR count). The molecule has 1 aromatic heterocycles.